The van der Waals surface area contributed by atoms with E-state index in [0.717, 1.165) is 29.4 Å². The van der Waals surface area contributed by atoms with E-state index in [2.05, 4.69) is 9.88 Å². The Morgan fingerprint density at radius 2 is 1.91 bits per heavy atom. The van der Waals surface area contributed by atoms with Crippen molar-refractivity contribution < 1.29 is 4.79 Å². The zero-order valence-electron chi connectivity index (χ0n) is 13.8. The van der Waals surface area contributed by atoms with E-state index < -0.39 is 0 Å². The van der Waals surface area contributed by atoms with Crippen molar-refractivity contribution in [2.45, 2.75) is 19.8 Å². The number of hydrogen-bond acceptors (Lipinski definition) is 4. The van der Waals surface area contributed by atoms with Gasteiger partial charge in [-0.05, 0) is 39.2 Å². The summed E-state index contributed by atoms with van der Waals surface area (Å²) in [5.74, 6) is 0.112. The lowest BCUT2D eigenvalue weighted by Gasteiger charge is -2.20. The maximum atomic E-state index is 12.2. The first-order chi connectivity index (χ1) is 11.0. The number of benzene rings is 1. The second-order valence-corrected chi connectivity index (χ2v) is 6.85. The summed E-state index contributed by atoms with van der Waals surface area (Å²) in [6.07, 6.45) is 1.41. The summed E-state index contributed by atoms with van der Waals surface area (Å²) in [7, 11) is 4.07. The lowest BCUT2D eigenvalue weighted by molar-refractivity contribution is -0.118. The Bertz CT molecular complexity index is 640. The van der Waals surface area contributed by atoms with Crippen molar-refractivity contribution >= 4 is 34.0 Å². The minimum atomic E-state index is 0.112. The van der Waals surface area contributed by atoms with E-state index in [0.29, 0.717) is 18.0 Å². The third-order valence-corrected chi connectivity index (χ3v) is 4.57. The van der Waals surface area contributed by atoms with Crippen molar-refractivity contribution in [1.29, 1.82) is 0 Å². The molecule has 124 valence electrons. The van der Waals surface area contributed by atoms with Crippen LogP contribution in [0, 0.1) is 0 Å². The molecule has 6 heteroatoms. The highest BCUT2D eigenvalue weighted by molar-refractivity contribution is 7.14. The number of nitrogens with zero attached hydrogens (tertiary/aromatic N) is 3. The molecule has 0 radical (unpaired) electrons. The fourth-order valence-corrected chi connectivity index (χ4v) is 3.21. The maximum absolute atomic E-state index is 12.2. The first-order valence-corrected chi connectivity index (χ1v) is 8.93. The number of halogens is 1. The van der Waals surface area contributed by atoms with Crippen LogP contribution in [0.15, 0.2) is 29.6 Å². The van der Waals surface area contributed by atoms with Gasteiger partial charge in [-0.1, -0.05) is 30.7 Å². The molecule has 0 fully saturated rings. The SMILES string of the molecule is CCC(=O)N(CCCN(C)C)c1nc(-c2ccc(Cl)cc2)cs1. The Labute approximate surface area is 146 Å². The molecule has 1 aromatic heterocycles. The summed E-state index contributed by atoms with van der Waals surface area (Å²) in [4.78, 5) is 20.8. The van der Waals surface area contributed by atoms with Gasteiger partial charge in [0.05, 0.1) is 5.69 Å². The molecule has 1 aromatic carbocycles. The van der Waals surface area contributed by atoms with Gasteiger partial charge in [0.15, 0.2) is 5.13 Å². The van der Waals surface area contributed by atoms with E-state index >= 15 is 0 Å². The Kier molecular flexibility index (Phi) is 6.57. The highest BCUT2D eigenvalue weighted by atomic mass is 35.5. The van der Waals surface area contributed by atoms with Gasteiger partial charge in [-0.15, -0.1) is 11.3 Å². The van der Waals surface area contributed by atoms with E-state index in [1.54, 1.807) is 4.90 Å². The van der Waals surface area contributed by atoms with Crippen LogP contribution in [0.5, 0.6) is 0 Å². The highest BCUT2D eigenvalue weighted by Crippen LogP contribution is 2.28. The molecule has 0 aliphatic heterocycles. The molecule has 0 spiro atoms. The van der Waals surface area contributed by atoms with Crippen LogP contribution in [-0.4, -0.2) is 43.0 Å². The Balaban J connectivity index is 2.15. The molecule has 0 saturated heterocycles. The molecule has 23 heavy (non-hydrogen) atoms. The fourth-order valence-electron chi connectivity index (χ4n) is 2.20. The average Bonchev–Trinajstić information content (AvgIpc) is 3.01. The van der Waals surface area contributed by atoms with Crippen molar-refractivity contribution in [1.82, 2.24) is 9.88 Å². The Morgan fingerprint density at radius 3 is 2.52 bits per heavy atom. The van der Waals surface area contributed by atoms with Gasteiger partial charge in [0.2, 0.25) is 5.91 Å². The van der Waals surface area contributed by atoms with Crippen LogP contribution in [0.4, 0.5) is 5.13 Å². The number of hydrogen-bond donors (Lipinski definition) is 0. The van der Waals surface area contributed by atoms with E-state index in [9.17, 15) is 4.79 Å². The first-order valence-electron chi connectivity index (χ1n) is 7.67. The van der Waals surface area contributed by atoms with Crippen molar-refractivity contribution in [3.63, 3.8) is 0 Å². The van der Waals surface area contributed by atoms with Crippen LogP contribution >= 0.6 is 22.9 Å². The number of aromatic nitrogens is 1. The Morgan fingerprint density at radius 1 is 1.22 bits per heavy atom. The molecule has 0 atom stereocenters. The van der Waals surface area contributed by atoms with Gasteiger partial charge in [0.1, 0.15) is 0 Å². The topological polar surface area (TPSA) is 36.4 Å². The zero-order chi connectivity index (χ0) is 16.8. The van der Waals surface area contributed by atoms with Gasteiger partial charge in [-0.3, -0.25) is 9.69 Å². The highest BCUT2D eigenvalue weighted by Gasteiger charge is 2.17. The van der Waals surface area contributed by atoms with Crippen LogP contribution in [0.2, 0.25) is 5.02 Å². The predicted octanol–water partition coefficient (Wildman–Crippen LogP) is 4.16. The number of thiazole rings is 1. The molecule has 0 aliphatic carbocycles. The number of rotatable bonds is 7. The van der Waals surface area contributed by atoms with Crippen LogP contribution in [0.1, 0.15) is 19.8 Å². The quantitative estimate of drug-likeness (QED) is 0.751. The van der Waals surface area contributed by atoms with E-state index in [1.165, 1.54) is 11.3 Å². The average molecular weight is 352 g/mol. The van der Waals surface area contributed by atoms with E-state index in [1.807, 2.05) is 50.7 Å². The molecule has 2 aromatic rings. The molecule has 0 saturated carbocycles. The smallest absolute Gasteiger partial charge is 0.228 e. The summed E-state index contributed by atoms with van der Waals surface area (Å²) in [6.45, 7) is 3.52. The van der Waals surface area contributed by atoms with Crippen molar-refractivity contribution in [2.24, 2.45) is 0 Å². The number of carbonyl (C=O) groups is 1. The molecule has 1 amide bonds. The van der Waals surface area contributed by atoms with Crippen molar-refractivity contribution in [3.8, 4) is 11.3 Å². The monoisotopic (exact) mass is 351 g/mol. The molecular weight excluding hydrogens is 330 g/mol. The normalized spacial score (nSPS) is 11.0. The van der Waals surface area contributed by atoms with Crippen molar-refractivity contribution in [3.05, 3.63) is 34.7 Å². The minimum Gasteiger partial charge on any atom is -0.309 e. The number of amides is 1. The zero-order valence-corrected chi connectivity index (χ0v) is 15.3. The van der Waals surface area contributed by atoms with E-state index in [-0.39, 0.29) is 5.91 Å². The molecule has 0 aliphatic rings. The fraction of sp³-hybridized carbons (Fsp3) is 0.412. The first kappa shape index (κ1) is 17.9. The van der Waals surface area contributed by atoms with Crippen LogP contribution in [-0.2, 0) is 4.79 Å². The Hall–Kier alpha value is -1.43. The second kappa shape index (κ2) is 8.43. The number of carbonyl (C=O) groups excluding carboxylic acids is 1. The molecule has 0 N–H and O–H groups in total. The largest absolute Gasteiger partial charge is 0.309 e. The molecule has 0 unspecified atom stereocenters. The molecule has 1 heterocycles. The van der Waals surface area contributed by atoms with Crippen LogP contribution in [0.3, 0.4) is 0 Å². The molecular formula is C17H22ClN3OS. The summed E-state index contributed by atoms with van der Waals surface area (Å²) >= 11 is 7.43. The summed E-state index contributed by atoms with van der Waals surface area (Å²) < 4.78 is 0. The molecule has 2 rings (SSSR count). The molecule has 4 nitrogen and oxygen atoms in total. The lowest BCUT2D eigenvalue weighted by atomic mass is 10.2. The van der Waals surface area contributed by atoms with Gasteiger partial charge in [-0.2, -0.15) is 0 Å². The van der Waals surface area contributed by atoms with Gasteiger partial charge < -0.3 is 4.90 Å². The van der Waals surface area contributed by atoms with Crippen molar-refractivity contribution in [2.75, 3.05) is 32.1 Å². The standard InChI is InChI=1S/C17H22ClN3OS/c1-4-16(22)21(11-5-10-20(2)3)17-19-15(12-23-17)13-6-8-14(18)9-7-13/h6-9,12H,4-5,10-11H2,1-3H3. The van der Waals surface area contributed by atoms with Crippen LogP contribution < -0.4 is 4.90 Å². The predicted molar refractivity (Wildman–Crippen MR) is 98.4 cm³/mol. The second-order valence-electron chi connectivity index (χ2n) is 5.58. The number of anilines is 1. The van der Waals surface area contributed by atoms with Gasteiger partial charge in [-0.25, -0.2) is 4.98 Å². The summed E-state index contributed by atoms with van der Waals surface area (Å²) in [5, 5.41) is 3.46. The third-order valence-electron chi connectivity index (χ3n) is 3.45. The summed E-state index contributed by atoms with van der Waals surface area (Å²) in [5.41, 5.74) is 1.89. The van der Waals surface area contributed by atoms with Crippen LogP contribution in [0.25, 0.3) is 11.3 Å². The van der Waals surface area contributed by atoms with Gasteiger partial charge >= 0.3 is 0 Å². The van der Waals surface area contributed by atoms with Gasteiger partial charge in [0.25, 0.3) is 0 Å². The lowest BCUT2D eigenvalue weighted by Crippen LogP contribution is -2.32. The van der Waals surface area contributed by atoms with E-state index in [4.69, 9.17) is 11.6 Å². The third kappa shape index (κ3) is 5.03. The maximum Gasteiger partial charge on any atom is 0.228 e. The summed E-state index contributed by atoms with van der Waals surface area (Å²) in [6, 6.07) is 7.59. The molecule has 0 bridgehead atoms. The minimum absolute atomic E-state index is 0.112. The van der Waals surface area contributed by atoms with Gasteiger partial charge in [0, 0.05) is 28.9 Å².